The molecule has 4 unspecified atom stereocenters. The lowest BCUT2D eigenvalue weighted by Crippen LogP contribution is -2.46. The third-order valence-electron chi connectivity index (χ3n) is 28.3. The lowest BCUT2D eigenvalue weighted by Gasteiger charge is -2.48. The summed E-state index contributed by atoms with van der Waals surface area (Å²) in [5.41, 5.74) is 1.47. The number of hydrogen-bond donors (Lipinski definition) is 4. The van der Waals surface area contributed by atoms with Gasteiger partial charge in [-0.3, -0.25) is 9.59 Å². The van der Waals surface area contributed by atoms with Gasteiger partial charge in [0.05, 0.1) is 10.8 Å². The minimum atomic E-state index is -1.23. The molecule has 0 saturated carbocycles. The van der Waals surface area contributed by atoms with Gasteiger partial charge in [0.15, 0.2) is 0 Å². The highest BCUT2D eigenvalue weighted by molar-refractivity contribution is 8.06. The van der Waals surface area contributed by atoms with Crippen LogP contribution in [0.15, 0.2) is 43.6 Å². The molecule has 4 atom stereocenters. The Kier molecular flexibility index (Phi) is 75.6. The first-order valence-corrected chi connectivity index (χ1v) is 54.8. The fourth-order valence-corrected chi connectivity index (χ4v) is 22.3. The van der Waals surface area contributed by atoms with Gasteiger partial charge < -0.3 is 20.4 Å². The maximum absolute atomic E-state index is 16.0. The first-order valence-electron chi connectivity index (χ1n) is 54.0. The molecule has 688 valence electrons. The molecule has 117 heavy (non-hydrogen) atoms. The van der Waals surface area contributed by atoms with Crippen LogP contribution >= 0.6 is 11.8 Å². The third kappa shape index (κ3) is 50.6. The Hall–Kier alpha value is -2.15. The van der Waals surface area contributed by atoms with Crippen molar-refractivity contribution < 1.29 is 30.0 Å². The number of allylic oxidation sites excluding steroid dienone is 4. The smallest absolute Gasteiger partial charge is 0.314 e. The van der Waals surface area contributed by atoms with Crippen molar-refractivity contribution in [1.29, 1.82) is 0 Å². The highest BCUT2D eigenvalue weighted by atomic mass is 32.2. The van der Waals surface area contributed by atoms with E-state index < -0.39 is 34.6 Å². The molecule has 0 fully saturated rings. The maximum atomic E-state index is 16.0. The van der Waals surface area contributed by atoms with Crippen molar-refractivity contribution in [2.45, 2.75) is 620 Å². The summed E-state index contributed by atoms with van der Waals surface area (Å²) >= 11 is 1.57. The average Bonchev–Trinajstić information content (AvgIpc) is 0.716. The highest BCUT2D eigenvalue weighted by Crippen LogP contribution is 2.64. The first-order chi connectivity index (χ1) is 57.5. The van der Waals surface area contributed by atoms with Crippen LogP contribution in [0.5, 0.6) is 0 Å². The van der Waals surface area contributed by atoms with Crippen molar-refractivity contribution in [3.63, 3.8) is 0 Å². The van der Waals surface area contributed by atoms with Gasteiger partial charge in [0.25, 0.3) is 0 Å². The molecule has 0 bridgehead atoms. The van der Waals surface area contributed by atoms with Crippen LogP contribution in [0.25, 0.3) is 0 Å². The number of unbranched alkanes of at least 4 members (excludes halogenated alkanes) is 72. The van der Waals surface area contributed by atoms with Gasteiger partial charge in [-0.15, -0.1) is 0 Å². The van der Waals surface area contributed by atoms with Gasteiger partial charge in [-0.25, -0.2) is 0 Å². The molecule has 2 aliphatic carbocycles. The van der Waals surface area contributed by atoms with Crippen LogP contribution in [0, 0.1) is 22.7 Å². The van der Waals surface area contributed by atoms with Gasteiger partial charge in [-0.2, -0.15) is 0 Å². The summed E-state index contributed by atoms with van der Waals surface area (Å²) in [6.45, 7) is 18.4. The largest absolute Gasteiger partial charge is 0.507 e. The number of hydrogen-bond acceptors (Lipinski definition) is 5. The molecule has 0 radical (unpaired) electrons. The van der Waals surface area contributed by atoms with E-state index in [1.807, 2.05) is 0 Å². The molecule has 2 rings (SSSR count). The van der Waals surface area contributed by atoms with Crippen LogP contribution < -0.4 is 0 Å². The van der Waals surface area contributed by atoms with E-state index in [-0.39, 0.29) is 0 Å². The van der Waals surface area contributed by atoms with E-state index in [0.717, 1.165) is 186 Å². The lowest BCUT2D eigenvalue weighted by atomic mass is 9.59. The Labute approximate surface area is 735 Å². The molecular weight excluding hydrogens is 1450 g/mol. The van der Waals surface area contributed by atoms with Crippen molar-refractivity contribution in [2.24, 2.45) is 22.7 Å². The predicted octanol–water partition coefficient (Wildman–Crippen LogP) is 39.7. The van der Waals surface area contributed by atoms with E-state index in [1.165, 1.54) is 360 Å². The van der Waals surface area contributed by atoms with Gasteiger partial charge in [0.2, 0.25) is 0 Å². The summed E-state index contributed by atoms with van der Waals surface area (Å²) in [6, 6.07) is 0. The zero-order chi connectivity index (χ0) is 84.9. The van der Waals surface area contributed by atoms with E-state index >= 15 is 9.59 Å². The highest BCUT2D eigenvalue weighted by Gasteiger charge is 2.57. The fraction of sp³-hybridized carbons (Fsp3) is 0.909. The second-order valence-electron chi connectivity index (χ2n) is 38.6. The third-order valence-corrected chi connectivity index (χ3v) is 29.7. The summed E-state index contributed by atoms with van der Waals surface area (Å²) in [6.07, 6.45) is 101. The molecular formula is C110H206O6S. The molecule has 2 aliphatic rings. The number of rotatable bonds is 92. The van der Waals surface area contributed by atoms with Crippen LogP contribution in [-0.2, 0) is 9.59 Å². The minimum absolute atomic E-state index is 0.319. The Morgan fingerprint density at radius 1 is 0.222 bits per heavy atom. The van der Waals surface area contributed by atoms with Gasteiger partial charge in [-0.05, 0) is 99.3 Å². The molecule has 6 nitrogen and oxygen atoms in total. The molecule has 0 aliphatic heterocycles. The van der Waals surface area contributed by atoms with Crippen molar-refractivity contribution in [1.82, 2.24) is 0 Å². The normalized spacial score (nSPS) is 17.3. The zero-order valence-corrected chi connectivity index (χ0v) is 81.2. The van der Waals surface area contributed by atoms with E-state index in [1.54, 1.807) is 11.8 Å². The summed E-state index contributed by atoms with van der Waals surface area (Å²) in [4.78, 5) is 33.6. The van der Waals surface area contributed by atoms with Gasteiger partial charge >= 0.3 is 11.9 Å². The number of aliphatic hydroxyl groups is 2. The average molecular weight is 1660 g/mol. The molecule has 0 aromatic rings. The number of thioether (sulfide) groups is 1. The van der Waals surface area contributed by atoms with Crippen molar-refractivity contribution in [2.75, 3.05) is 0 Å². The van der Waals surface area contributed by atoms with Crippen LogP contribution in [0.3, 0.4) is 0 Å². The quantitative estimate of drug-likeness (QED) is 0.0449. The van der Waals surface area contributed by atoms with Gasteiger partial charge in [0, 0.05) is 21.6 Å². The minimum Gasteiger partial charge on any atom is -0.507 e. The monoisotopic (exact) mass is 1660 g/mol. The number of carbonyl (C=O) groups is 2. The van der Waals surface area contributed by atoms with Crippen molar-refractivity contribution in [3.05, 3.63) is 43.6 Å². The second kappa shape index (κ2) is 79.7. The molecule has 0 aromatic heterocycles. The van der Waals surface area contributed by atoms with Crippen LogP contribution in [-0.4, -0.2) is 32.4 Å². The standard InChI is InChI=1S/C110H206O6S/c1-9-17-25-33-41-49-57-65-73-81-89-97-99(91-83-75-67-59-51-43-35-27-19-11-3)109(107(113)114,95-87-79-71-63-55-47-39-31-23-15-7)101(93-85-77-69-61-53-45-37-29-21-13-5)105(103(97)111)117-106-102(94-86-78-70-62-54-46-38-30-22-14-6)110(108(115)116,96-88-80-72-64-56-48-40-32-24-16-8)100(92-84-76-68-60-52-44-36-28-20-12-4)98(104(106)112)90-82-74-66-58-50-42-34-26-18-10-2/h101-102,111-112H,9-96H2,1-8H3,(H,113,114)(H,115,116). The summed E-state index contributed by atoms with van der Waals surface area (Å²) in [7, 11) is 0. The van der Waals surface area contributed by atoms with Crippen molar-refractivity contribution in [3.8, 4) is 0 Å². The Morgan fingerprint density at radius 3 is 0.556 bits per heavy atom. The van der Waals surface area contributed by atoms with Crippen LogP contribution in [0.4, 0.5) is 0 Å². The second-order valence-corrected chi connectivity index (χ2v) is 39.7. The lowest BCUT2D eigenvalue weighted by molar-refractivity contribution is -0.151. The van der Waals surface area contributed by atoms with E-state index in [4.69, 9.17) is 0 Å². The summed E-state index contributed by atoms with van der Waals surface area (Å²) in [5.74, 6) is -1.75. The predicted molar refractivity (Wildman–Crippen MR) is 520 cm³/mol. The number of carboxylic acids is 2. The molecule has 0 amide bonds. The van der Waals surface area contributed by atoms with Crippen molar-refractivity contribution >= 4 is 23.7 Å². The summed E-state index contributed by atoms with van der Waals surface area (Å²) < 4.78 is 0. The molecule has 0 heterocycles. The van der Waals surface area contributed by atoms with E-state index in [2.05, 4.69) is 55.4 Å². The zero-order valence-electron chi connectivity index (χ0n) is 80.4. The number of aliphatic hydroxyl groups excluding tert-OH is 2. The Bertz CT molecular complexity index is 2240. The van der Waals surface area contributed by atoms with E-state index in [0.29, 0.717) is 62.9 Å². The molecule has 0 saturated heterocycles. The fourth-order valence-electron chi connectivity index (χ4n) is 20.8. The van der Waals surface area contributed by atoms with Gasteiger partial charge in [0.1, 0.15) is 11.5 Å². The molecule has 0 spiro atoms. The first kappa shape index (κ1) is 111. The summed E-state index contributed by atoms with van der Waals surface area (Å²) in [5, 5.41) is 54.9. The Morgan fingerprint density at radius 2 is 0.376 bits per heavy atom. The van der Waals surface area contributed by atoms with Crippen LogP contribution in [0.1, 0.15) is 620 Å². The SMILES string of the molecule is CCCCCCCCCCCCC1=C(CCCCCCCCCCCC)C(CCCCCCCCCCCC)(C(=O)O)C(CCCCCCCCCCCC)C(SC2=C(O)C(CCCCCCCCCCCC)=C(CCCCCCCCCCCC)C(CCCCCCCCCCCC)(C(=O)O)C2CCCCCCCCCCCC)=C1O. The molecule has 7 heteroatoms. The molecule has 4 N–H and O–H groups in total. The number of carboxylic acid groups (broad SMARTS) is 2. The van der Waals surface area contributed by atoms with E-state index in [9.17, 15) is 20.4 Å². The topological polar surface area (TPSA) is 115 Å². The van der Waals surface area contributed by atoms with Crippen LogP contribution in [0.2, 0.25) is 0 Å². The van der Waals surface area contributed by atoms with Gasteiger partial charge in [-0.1, -0.05) is 555 Å². The number of aliphatic carboxylic acids is 2. The maximum Gasteiger partial charge on any atom is 0.314 e. The Balaban J connectivity index is 3.34. The molecule has 0 aromatic carbocycles.